The number of piperazine rings is 1. The molecule has 0 aromatic carbocycles. The molecule has 1 aromatic rings. The zero-order valence-electron chi connectivity index (χ0n) is 13.0. The van der Waals surface area contributed by atoms with Crippen LogP contribution in [0.2, 0.25) is 0 Å². The lowest BCUT2D eigenvalue weighted by atomic mass is 9.76. The molecule has 132 valence electrons. The molecule has 1 aromatic heterocycles. The summed E-state index contributed by atoms with van der Waals surface area (Å²) in [6, 6.07) is 5.98. The lowest BCUT2D eigenvalue weighted by molar-refractivity contribution is -0.142. The van der Waals surface area contributed by atoms with Gasteiger partial charge in [-0.3, -0.25) is 14.7 Å². The van der Waals surface area contributed by atoms with Gasteiger partial charge >= 0.3 is 0 Å². The molecular formula is C15H25Cl3N4O. The number of nitrogens with zero attached hydrogens (tertiary/aromatic N) is 3. The zero-order chi connectivity index (χ0) is 14.0. The van der Waals surface area contributed by atoms with Crippen LogP contribution in [0.3, 0.4) is 0 Å². The molecule has 2 heterocycles. The average Bonchev–Trinajstić information content (AvgIpc) is 2.46. The van der Waals surface area contributed by atoms with Crippen molar-refractivity contribution in [1.82, 2.24) is 14.8 Å². The Bertz CT molecular complexity index is 477. The van der Waals surface area contributed by atoms with Crippen LogP contribution in [0.25, 0.3) is 0 Å². The summed E-state index contributed by atoms with van der Waals surface area (Å²) < 4.78 is 0. The highest BCUT2D eigenvalue weighted by molar-refractivity contribution is 5.87. The molecule has 0 spiro atoms. The van der Waals surface area contributed by atoms with Gasteiger partial charge in [0.15, 0.2) is 0 Å². The number of halogens is 3. The maximum Gasteiger partial charge on any atom is 0.242 e. The Balaban J connectivity index is 0.00000161. The molecule has 1 saturated carbocycles. The molecule has 0 unspecified atom stereocenters. The Morgan fingerprint density at radius 1 is 1.13 bits per heavy atom. The fourth-order valence-electron chi connectivity index (χ4n) is 2.92. The fraction of sp³-hybridized carbons (Fsp3) is 0.600. The lowest BCUT2D eigenvalue weighted by Crippen LogP contribution is -2.62. The molecule has 1 saturated heterocycles. The number of carbonyl (C=O) groups excluding carboxylic acids is 1. The molecule has 1 amide bonds. The first kappa shape index (κ1) is 22.4. The Labute approximate surface area is 156 Å². The number of carbonyl (C=O) groups is 1. The highest BCUT2D eigenvalue weighted by Crippen LogP contribution is 2.31. The van der Waals surface area contributed by atoms with Gasteiger partial charge in [0.25, 0.3) is 0 Å². The Morgan fingerprint density at radius 3 is 2.26 bits per heavy atom. The van der Waals surface area contributed by atoms with Gasteiger partial charge < -0.3 is 10.6 Å². The zero-order valence-corrected chi connectivity index (χ0v) is 15.5. The van der Waals surface area contributed by atoms with Crippen molar-refractivity contribution in [2.24, 2.45) is 5.73 Å². The third-order valence-corrected chi connectivity index (χ3v) is 4.44. The summed E-state index contributed by atoms with van der Waals surface area (Å²) in [5, 5.41) is 0. The summed E-state index contributed by atoms with van der Waals surface area (Å²) >= 11 is 0. The minimum atomic E-state index is -0.552. The van der Waals surface area contributed by atoms with E-state index in [4.69, 9.17) is 5.73 Å². The van der Waals surface area contributed by atoms with Gasteiger partial charge in [0.1, 0.15) is 0 Å². The van der Waals surface area contributed by atoms with E-state index in [0.717, 1.165) is 57.7 Å². The van der Waals surface area contributed by atoms with E-state index in [1.165, 1.54) is 0 Å². The van der Waals surface area contributed by atoms with Crippen molar-refractivity contribution < 1.29 is 4.79 Å². The quantitative estimate of drug-likeness (QED) is 0.865. The second-order valence-corrected chi connectivity index (χ2v) is 5.90. The molecule has 3 rings (SSSR count). The van der Waals surface area contributed by atoms with Crippen molar-refractivity contribution >= 4 is 43.1 Å². The minimum absolute atomic E-state index is 0. The lowest BCUT2D eigenvalue weighted by Gasteiger charge is -2.43. The van der Waals surface area contributed by atoms with Crippen molar-refractivity contribution in [2.45, 2.75) is 31.3 Å². The Kier molecular flexibility index (Phi) is 9.40. The highest BCUT2D eigenvalue weighted by atomic mass is 35.5. The standard InChI is InChI=1S/C15H22N4O.3ClH/c16-15(5-3-6-15)14(20)19-10-8-18(9-11-19)12-13-4-1-2-7-17-13;;;/h1-2,4,7H,3,5-6,8-12,16H2;3*1H. The van der Waals surface area contributed by atoms with Gasteiger partial charge in [-0.05, 0) is 31.4 Å². The summed E-state index contributed by atoms with van der Waals surface area (Å²) in [7, 11) is 0. The van der Waals surface area contributed by atoms with E-state index in [0.29, 0.717) is 0 Å². The topological polar surface area (TPSA) is 62.5 Å². The van der Waals surface area contributed by atoms with Gasteiger partial charge in [0.05, 0.1) is 11.2 Å². The predicted molar refractivity (Wildman–Crippen MR) is 98.6 cm³/mol. The second-order valence-electron chi connectivity index (χ2n) is 5.90. The first-order chi connectivity index (χ1) is 9.67. The van der Waals surface area contributed by atoms with Crippen molar-refractivity contribution in [3.05, 3.63) is 30.1 Å². The van der Waals surface area contributed by atoms with E-state index < -0.39 is 5.54 Å². The molecule has 0 bridgehead atoms. The third-order valence-electron chi connectivity index (χ3n) is 4.44. The van der Waals surface area contributed by atoms with E-state index in [9.17, 15) is 4.79 Å². The number of amides is 1. The smallest absolute Gasteiger partial charge is 0.242 e. The highest BCUT2D eigenvalue weighted by Gasteiger charge is 2.43. The molecule has 2 aliphatic rings. The predicted octanol–water partition coefficient (Wildman–Crippen LogP) is 1.87. The van der Waals surface area contributed by atoms with E-state index in [1.54, 1.807) is 0 Å². The van der Waals surface area contributed by atoms with Crippen LogP contribution in [0.4, 0.5) is 0 Å². The second kappa shape index (κ2) is 9.64. The number of nitrogens with two attached hydrogens (primary N) is 1. The van der Waals surface area contributed by atoms with Crippen LogP contribution in [0.5, 0.6) is 0 Å². The molecule has 0 radical (unpaired) electrons. The molecule has 5 nitrogen and oxygen atoms in total. The maximum atomic E-state index is 12.3. The summed E-state index contributed by atoms with van der Waals surface area (Å²) in [6.07, 6.45) is 4.60. The molecule has 2 N–H and O–H groups in total. The Morgan fingerprint density at radius 2 is 1.78 bits per heavy atom. The van der Waals surface area contributed by atoms with Gasteiger partial charge in [-0.15, -0.1) is 37.2 Å². The van der Waals surface area contributed by atoms with Crippen LogP contribution in [0, 0.1) is 0 Å². The first-order valence-corrected chi connectivity index (χ1v) is 7.38. The van der Waals surface area contributed by atoms with Crippen LogP contribution in [0.15, 0.2) is 24.4 Å². The number of aromatic nitrogens is 1. The number of hydrogen-bond donors (Lipinski definition) is 1. The molecule has 8 heteroatoms. The van der Waals surface area contributed by atoms with Crippen molar-refractivity contribution in [3.8, 4) is 0 Å². The van der Waals surface area contributed by atoms with E-state index >= 15 is 0 Å². The molecule has 0 atom stereocenters. The van der Waals surface area contributed by atoms with Crippen molar-refractivity contribution in [1.29, 1.82) is 0 Å². The first-order valence-electron chi connectivity index (χ1n) is 7.38. The van der Waals surface area contributed by atoms with Gasteiger partial charge in [0.2, 0.25) is 5.91 Å². The fourth-order valence-corrected chi connectivity index (χ4v) is 2.92. The van der Waals surface area contributed by atoms with Gasteiger partial charge in [0, 0.05) is 38.9 Å². The van der Waals surface area contributed by atoms with Gasteiger partial charge in [-0.25, -0.2) is 0 Å². The minimum Gasteiger partial charge on any atom is -0.339 e. The van der Waals surface area contributed by atoms with Crippen molar-refractivity contribution in [3.63, 3.8) is 0 Å². The Hall–Kier alpha value is -0.590. The number of pyridine rings is 1. The largest absolute Gasteiger partial charge is 0.339 e. The van der Waals surface area contributed by atoms with E-state index in [2.05, 4.69) is 9.88 Å². The van der Waals surface area contributed by atoms with E-state index in [-0.39, 0.29) is 43.1 Å². The summed E-state index contributed by atoms with van der Waals surface area (Å²) in [4.78, 5) is 21.0. The monoisotopic (exact) mass is 382 g/mol. The van der Waals surface area contributed by atoms with Gasteiger partial charge in [-0.2, -0.15) is 0 Å². The van der Waals surface area contributed by atoms with Crippen LogP contribution in [-0.2, 0) is 11.3 Å². The maximum absolute atomic E-state index is 12.3. The van der Waals surface area contributed by atoms with Crippen molar-refractivity contribution in [2.75, 3.05) is 26.2 Å². The molecule has 1 aliphatic carbocycles. The summed E-state index contributed by atoms with van der Waals surface area (Å²) in [5.41, 5.74) is 6.65. The average molecular weight is 384 g/mol. The van der Waals surface area contributed by atoms with Gasteiger partial charge in [-0.1, -0.05) is 6.07 Å². The number of rotatable bonds is 3. The van der Waals surface area contributed by atoms with Crippen LogP contribution >= 0.6 is 37.2 Å². The van der Waals surface area contributed by atoms with Crippen LogP contribution in [-0.4, -0.2) is 52.4 Å². The summed E-state index contributed by atoms with van der Waals surface area (Å²) in [6.45, 7) is 4.22. The van der Waals surface area contributed by atoms with E-state index in [1.807, 2.05) is 29.3 Å². The molecular weight excluding hydrogens is 359 g/mol. The molecule has 1 aliphatic heterocycles. The van der Waals surface area contributed by atoms with Crippen LogP contribution in [0.1, 0.15) is 25.0 Å². The van der Waals surface area contributed by atoms with Crippen LogP contribution < -0.4 is 5.73 Å². The summed E-state index contributed by atoms with van der Waals surface area (Å²) in [5.74, 6) is 0.154. The number of hydrogen-bond acceptors (Lipinski definition) is 4. The SMILES string of the molecule is Cl.Cl.Cl.NC1(C(=O)N2CCN(Cc3ccccn3)CC2)CCC1. The molecule has 2 fully saturated rings. The normalized spacial score (nSPS) is 19.4. The third kappa shape index (κ3) is 5.19. The molecule has 23 heavy (non-hydrogen) atoms.